The van der Waals surface area contributed by atoms with E-state index in [1.807, 2.05) is 21.8 Å². The van der Waals surface area contributed by atoms with E-state index in [2.05, 4.69) is 20.6 Å². The van der Waals surface area contributed by atoms with Crippen LogP contribution in [0.4, 0.5) is 0 Å². The molecule has 1 aromatic carbocycles. The minimum atomic E-state index is -0.0622. The average molecular weight is 479 g/mol. The van der Waals surface area contributed by atoms with Crippen LogP contribution in [0, 0.1) is 0 Å². The molecule has 0 spiro atoms. The average Bonchev–Trinajstić information content (AvgIpc) is 3.57. The van der Waals surface area contributed by atoms with Gasteiger partial charge in [-0.05, 0) is 44.7 Å². The lowest BCUT2D eigenvalue weighted by molar-refractivity contribution is 0.101. The standard InChI is InChI=1S/C26H34N6O3/c1-19(33)25-13-12-24(34-17-20-15-31(29-27-20)22-8-4-2-5-9-22)14-26(25)35-18-21-16-32(30-28-21)23-10-6-3-7-11-23/h12-16,22-23H,2-11,17-18H2,1H3. The lowest BCUT2D eigenvalue weighted by Gasteiger charge is -2.20. The number of Topliss-reactive ketones (excluding diaryl/α,β-unsaturated/α-hetero) is 1. The van der Waals surface area contributed by atoms with Crippen molar-refractivity contribution >= 4 is 5.78 Å². The van der Waals surface area contributed by atoms with Gasteiger partial charge in [-0.25, -0.2) is 9.36 Å². The van der Waals surface area contributed by atoms with E-state index in [9.17, 15) is 4.79 Å². The highest BCUT2D eigenvalue weighted by Crippen LogP contribution is 2.30. The third-order valence-corrected chi connectivity index (χ3v) is 7.11. The molecule has 2 fully saturated rings. The Kier molecular flexibility index (Phi) is 7.39. The van der Waals surface area contributed by atoms with E-state index in [1.165, 1.54) is 45.4 Å². The molecule has 0 bridgehead atoms. The van der Waals surface area contributed by atoms with Crippen LogP contribution in [0.3, 0.4) is 0 Å². The van der Waals surface area contributed by atoms with Gasteiger partial charge in [0.25, 0.3) is 0 Å². The maximum Gasteiger partial charge on any atom is 0.163 e. The van der Waals surface area contributed by atoms with Crippen LogP contribution in [0.1, 0.15) is 105 Å². The number of carbonyl (C=O) groups is 1. The minimum Gasteiger partial charge on any atom is -0.487 e. The summed E-state index contributed by atoms with van der Waals surface area (Å²) in [5.41, 5.74) is 2.05. The molecule has 2 saturated carbocycles. The molecule has 0 unspecified atom stereocenters. The van der Waals surface area contributed by atoms with E-state index in [-0.39, 0.29) is 12.4 Å². The van der Waals surface area contributed by atoms with Crippen LogP contribution in [-0.2, 0) is 13.2 Å². The summed E-state index contributed by atoms with van der Waals surface area (Å²) in [4.78, 5) is 12.2. The van der Waals surface area contributed by atoms with Crippen LogP contribution >= 0.6 is 0 Å². The van der Waals surface area contributed by atoms with Crippen molar-refractivity contribution in [3.05, 3.63) is 47.5 Å². The van der Waals surface area contributed by atoms with Gasteiger partial charge in [0.05, 0.1) is 30.0 Å². The van der Waals surface area contributed by atoms with Crippen molar-refractivity contribution < 1.29 is 14.3 Å². The molecular weight excluding hydrogens is 444 g/mol. The normalized spacial score (nSPS) is 17.4. The highest BCUT2D eigenvalue weighted by molar-refractivity contribution is 5.97. The summed E-state index contributed by atoms with van der Waals surface area (Å²) in [6.07, 6.45) is 16.1. The van der Waals surface area contributed by atoms with E-state index in [4.69, 9.17) is 9.47 Å². The zero-order valence-corrected chi connectivity index (χ0v) is 20.4. The minimum absolute atomic E-state index is 0.0622. The highest BCUT2D eigenvalue weighted by Gasteiger charge is 2.19. The number of aromatic nitrogens is 6. The second kappa shape index (κ2) is 11.0. The summed E-state index contributed by atoms with van der Waals surface area (Å²) >= 11 is 0. The molecule has 0 saturated heterocycles. The summed E-state index contributed by atoms with van der Waals surface area (Å²) in [7, 11) is 0. The molecule has 0 aliphatic heterocycles. The van der Waals surface area contributed by atoms with Gasteiger partial charge in [0.2, 0.25) is 0 Å². The van der Waals surface area contributed by atoms with Crippen LogP contribution in [0.2, 0.25) is 0 Å². The Balaban J connectivity index is 1.21. The van der Waals surface area contributed by atoms with Crippen molar-refractivity contribution in [3.63, 3.8) is 0 Å². The molecule has 9 nitrogen and oxygen atoms in total. The summed E-state index contributed by atoms with van der Waals surface area (Å²) in [5.74, 6) is 1.03. The Morgan fingerprint density at radius 2 is 1.37 bits per heavy atom. The summed E-state index contributed by atoms with van der Waals surface area (Å²) in [6, 6.07) is 6.15. The first kappa shape index (κ1) is 23.5. The second-order valence-corrected chi connectivity index (χ2v) is 9.75. The molecule has 2 aliphatic carbocycles. The molecule has 2 heterocycles. The predicted molar refractivity (Wildman–Crippen MR) is 129 cm³/mol. The molecule has 5 rings (SSSR count). The fraction of sp³-hybridized carbons (Fsp3) is 0.577. The molecule has 0 amide bonds. The number of hydrogen-bond acceptors (Lipinski definition) is 7. The summed E-state index contributed by atoms with van der Waals surface area (Å²) < 4.78 is 15.9. The number of rotatable bonds is 9. The van der Waals surface area contributed by atoms with Gasteiger partial charge in [0, 0.05) is 6.07 Å². The molecule has 0 radical (unpaired) electrons. The Morgan fingerprint density at radius 3 is 1.91 bits per heavy atom. The SMILES string of the molecule is CC(=O)c1ccc(OCc2cn(C3CCCCC3)nn2)cc1OCc1cn(C2CCCCC2)nn1. The van der Waals surface area contributed by atoms with E-state index in [1.54, 1.807) is 18.2 Å². The third-order valence-electron chi connectivity index (χ3n) is 7.11. The first-order valence-corrected chi connectivity index (χ1v) is 12.9. The lowest BCUT2D eigenvalue weighted by atomic mass is 9.96. The van der Waals surface area contributed by atoms with Gasteiger partial charge >= 0.3 is 0 Å². The fourth-order valence-corrected chi connectivity index (χ4v) is 5.12. The van der Waals surface area contributed by atoms with Crippen LogP contribution in [0.5, 0.6) is 11.5 Å². The molecule has 35 heavy (non-hydrogen) atoms. The number of ketones is 1. The molecular formula is C26H34N6O3. The largest absolute Gasteiger partial charge is 0.487 e. The van der Waals surface area contributed by atoms with Gasteiger partial charge in [-0.15, -0.1) is 10.2 Å². The number of benzene rings is 1. The number of ether oxygens (including phenoxy) is 2. The molecule has 9 heteroatoms. The van der Waals surface area contributed by atoms with Gasteiger partial charge in [0.15, 0.2) is 5.78 Å². The van der Waals surface area contributed by atoms with Crippen LogP contribution < -0.4 is 9.47 Å². The second-order valence-electron chi connectivity index (χ2n) is 9.75. The van der Waals surface area contributed by atoms with Crippen molar-refractivity contribution in [1.82, 2.24) is 30.0 Å². The van der Waals surface area contributed by atoms with E-state index < -0.39 is 0 Å². The number of hydrogen-bond donors (Lipinski definition) is 0. The first-order valence-electron chi connectivity index (χ1n) is 12.9. The predicted octanol–water partition coefficient (Wildman–Crippen LogP) is 5.24. The molecule has 2 aromatic heterocycles. The van der Waals surface area contributed by atoms with Crippen molar-refractivity contribution in [2.24, 2.45) is 0 Å². The molecule has 186 valence electrons. The topological polar surface area (TPSA) is 97.0 Å². The molecule has 3 aromatic rings. The fourth-order valence-electron chi connectivity index (χ4n) is 5.12. The van der Waals surface area contributed by atoms with Gasteiger partial charge in [0.1, 0.15) is 36.1 Å². The van der Waals surface area contributed by atoms with Gasteiger partial charge in [-0.3, -0.25) is 4.79 Å². The van der Waals surface area contributed by atoms with E-state index in [0.29, 0.717) is 35.8 Å². The van der Waals surface area contributed by atoms with Gasteiger partial charge < -0.3 is 9.47 Å². The zero-order chi connectivity index (χ0) is 24.0. The smallest absolute Gasteiger partial charge is 0.163 e. The quantitative estimate of drug-likeness (QED) is 0.388. The maximum atomic E-state index is 12.2. The highest BCUT2D eigenvalue weighted by atomic mass is 16.5. The Morgan fingerprint density at radius 1 is 0.829 bits per heavy atom. The van der Waals surface area contributed by atoms with E-state index >= 15 is 0 Å². The van der Waals surface area contributed by atoms with Crippen molar-refractivity contribution in [3.8, 4) is 11.5 Å². The number of carbonyl (C=O) groups excluding carboxylic acids is 1. The maximum absolute atomic E-state index is 12.2. The zero-order valence-electron chi connectivity index (χ0n) is 20.4. The first-order chi connectivity index (χ1) is 17.2. The van der Waals surface area contributed by atoms with E-state index in [0.717, 1.165) is 37.1 Å². The Labute approximate surface area is 205 Å². The summed E-state index contributed by atoms with van der Waals surface area (Å²) in [6.45, 7) is 2.08. The van der Waals surface area contributed by atoms with Gasteiger partial charge in [-0.2, -0.15) is 0 Å². The number of nitrogens with zero attached hydrogens (tertiary/aromatic N) is 6. The van der Waals surface area contributed by atoms with Crippen molar-refractivity contribution in [1.29, 1.82) is 0 Å². The molecule has 0 atom stereocenters. The van der Waals surface area contributed by atoms with Crippen LogP contribution in [0.25, 0.3) is 0 Å². The Bertz CT molecular complexity index is 1130. The van der Waals surface area contributed by atoms with Crippen molar-refractivity contribution in [2.75, 3.05) is 0 Å². The van der Waals surface area contributed by atoms with Gasteiger partial charge in [-0.1, -0.05) is 49.0 Å². The third kappa shape index (κ3) is 5.89. The molecule has 0 N–H and O–H groups in total. The molecule has 2 aliphatic rings. The Hall–Kier alpha value is -3.23. The van der Waals surface area contributed by atoms with Crippen molar-refractivity contribution in [2.45, 2.75) is 96.4 Å². The summed E-state index contributed by atoms with van der Waals surface area (Å²) in [5, 5.41) is 17.2. The van der Waals surface area contributed by atoms with Crippen LogP contribution in [-0.4, -0.2) is 35.8 Å². The lowest BCUT2D eigenvalue weighted by Crippen LogP contribution is -2.13. The monoisotopic (exact) mass is 478 g/mol. The van der Waals surface area contributed by atoms with Crippen LogP contribution in [0.15, 0.2) is 30.6 Å².